The Kier molecular flexibility index (Phi) is 4.59. The van der Waals surface area contributed by atoms with Gasteiger partial charge >= 0.3 is 0 Å². The van der Waals surface area contributed by atoms with Crippen LogP contribution in [0.5, 0.6) is 0 Å². The van der Waals surface area contributed by atoms with Crippen LogP contribution in [0.4, 0.5) is 11.4 Å². The van der Waals surface area contributed by atoms with E-state index in [0.29, 0.717) is 24.2 Å². The van der Waals surface area contributed by atoms with E-state index in [9.17, 15) is 9.59 Å². The van der Waals surface area contributed by atoms with Crippen molar-refractivity contribution in [2.45, 2.75) is 0 Å². The molecular weight excluding hydrogens is 376 g/mol. The number of piperazine rings is 1. The Labute approximate surface area is 174 Å². The minimum atomic E-state index is -0.152. The number of carbonyl (C=O) groups excluding carboxylic acids is 2. The summed E-state index contributed by atoms with van der Waals surface area (Å²) in [7, 11) is 0. The summed E-state index contributed by atoms with van der Waals surface area (Å²) in [5, 5.41) is 2.88. The molecule has 1 fully saturated rings. The van der Waals surface area contributed by atoms with E-state index in [0.717, 1.165) is 30.0 Å². The lowest BCUT2D eigenvalue weighted by Gasteiger charge is -2.36. The number of rotatable bonds is 3. The number of anilines is 2. The Morgan fingerprint density at radius 3 is 2.47 bits per heavy atom. The Hall–Kier alpha value is -3.80. The van der Waals surface area contributed by atoms with E-state index >= 15 is 0 Å². The zero-order valence-electron chi connectivity index (χ0n) is 16.5. The predicted octanol–water partition coefficient (Wildman–Crippen LogP) is 3.47. The first-order chi connectivity index (χ1) is 14.7. The molecule has 0 bridgehead atoms. The van der Waals surface area contributed by atoms with Crippen LogP contribution in [0, 0.1) is 0 Å². The first-order valence-corrected chi connectivity index (χ1v) is 10.1. The average molecular weight is 398 g/mol. The summed E-state index contributed by atoms with van der Waals surface area (Å²) in [6, 6.07) is 19.5. The Bertz CT molecular complexity index is 1110. The van der Waals surface area contributed by atoms with Gasteiger partial charge < -0.3 is 20.1 Å². The quantitative estimate of drug-likeness (QED) is 0.664. The third-order valence-corrected chi connectivity index (χ3v) is 5.66. The van der Waals surface area contributed by atoms with Crippen LogP contribution in [-0.4, -0.2) is 47.9 Å². The van der Waals surface area contributed by atoms with Gasteiger partial charge in [0, 0.05) is 60.6 Å². The fourth-order valence-electron chi connectivity index (χ4n) is 4.04. The van der Waals surface area contributed by atoms with E-state index < -0.39 is 0 Å². The lowest BCUT2D eigenvalue weighted by Crippen LogP contribution is -2.48. The number of amides is 2. The lowest BCUT2D eigenvalue weighted by atomic mass is 10.0. The Balaban J connectivity index is 1.34. The Morgan fingerprint density at radius 1 is 0.933 bits per heavy atom. The van der Waals surface area contributed by atoms with Gasteiger partial charge in [-0.15, -0.1) is 0 Å². The zero-order valence-corrected chi connectivity index (χ0v) is 16.5. The minimum absolute atomic E-state index is 0.00378. The third kappa shape index (κ3) is 3.37. The molecule has 3 heterocycles. The molecule has 0 saturated carbocycles. The number of aromatic amines is 1. The van der Waals surface area contributed by atoms with Crippen molar-refractivity contribution in [3.05, 3.63) is 83.7 Å². The molecule has 1 aromatic heterocycles. The molecule has 0 radical (unpaired) electrons. The summed E-state index contributed by atoms with van der Waals surface area (Å²) < 4.78 is 0. The van der Waals surface area contributed by atoms with Gasteiger partial charge in [-0.2, -0.15) is 0 Å². The second-order valence-electron chi connectivity index (χ2n) is 7.51. The Morgan fingerprint density at radius 2 is 1.73 bits per heavy atom. The van der Waals surface area contributed by atoms with Crippen LogP contribution < -0.4 is 10.2 Å². The number of aromatic nitrogens is 1. The largest absolute Gasteiger partial charge is 0.368 e. The predicted molar refractivity (Wildman–Crippen MR) is 118 cm³/mol. The van der Waals surface area contributed by atoms with Crippen LogP contribution >= 0.6 is 0 Å². The maximum Gasteiger partial charge on any atom is 0.256 e. The molecule has 150 valence electrons. The van der Waals surface area contributed by atoms with Crippen molar-refractivity contribution in [3.8, 4) is 0 Å². The molecule has 2 aliphatic heterocycles. The van der Waals surface area contributed by atoms with Gasteiger partial charge in [0.15, 0.2) is 0 Å². The molecule has 2 N–H and O–H groups in total. The first-order valence-electron chi connectivity index (χ1n) is 10.1. The molecule has 3 aromatic rings. The monoisotopic (exact) mass is 398 g/mol. The topological polar surface area (TPSA) is 68.4 Å². The van der Waals surface area contributed by atoms with Gasteiger partial charge in [-0.05, 0) is 48.5 Å². The van der Waals surface area contributed by atoms with Gasteiger partial charge in [0.05, 0.1) is 5.57 Å². The van der Waals surface area contributed by atoms with Crippen molar-refractivity contribution in [2.75, 3.05) is 36.4 Å². The van der Waals surface area contributed by atoms with Gasteiger partial charge in [0.25, 0.3) is 11.8 Å². The fourth-order valence-corrected chi connectivity index (χ4v) is 4.04. The van der Waals surface area contributed by atoms with Crippen molar-refractivity contribution in [1.82, 2.24) is 9.88 Å². The maximum absolute atomic E-state index is 13.1. The zero-order chi connectivity index (χ0) is 20.5. The van der Waals surface area contributed by atoms with Gasteiger partial charge in [-0.25, -0.2) is 0 Å². The van der Waals surface area contributed by atoms with Gasteiger partial charge in [-0.3, -0.25) is 9.59 Å². The number of carbonyl (C=O) groups is 2. The molecule has 2 aromatic carbocycles. The van der Waals surface area contributed by atoms with Crippen LogP contribution in [-0.2, 0) is 4.79 Å². The van der Waals surface area contributed by atoms with Crippen LogP contribution in [0.1, 0.15) is 21.6 Å². The maximum atomic E-state index is 13.1. The standard InChI is InChI=1S/C24H22N4O2/c29-23-21(16-18-5-4-10-25-18)20-15-17(8-9-22(20)26-23)24(30)28-13-11-27(12-14-28)19-6-2-1-3-7-19/h1-10,15-16,25H,11-14H2,(H,26,29)/b21-16-. The number of benzene rings is 2. The molecule has 0 spiro atoms. The number of para-hydroxylation sites is 1. The number of hydrogen-bond acceptors (Lipinski definition) is 3. The van der Waals surface area contributed by atoms with Crippen molar-refractivity contribution in [3.63, 3.8) is 0 Å². The molecule has 0 unspecified atom stereocenters. The number of H-pyrrole nitrogens is 1. The van der Waals surface area contributed by atoms with E-state index in [1.165, 1.54) is 5.69 Å². The summed E-state index contributed by atoms with van der Waals surface area (Å²) in [6.07, 6.45) is 3.63. The highest BCUT2D eigenvalue weighted by molar-refractivity contribution is 6.35. The molecule has 0 aliphatic carbocycles. The van der Waals surface area contributed by atoms with E-state index in [-0.39, 0.29) is 11.8 Å². The van der Waals surface area contributed by atoms with Gasteiger partial charge in [-0.1, -0.05) is 18.2 Å². The van der Waals surface area contributed by atoms with E-state index in [4.69, 9.17) is 0 Å². The van der Waals surface area contributed by atoms with Crippen LogP contribution in [0.3, 0.4) is 0 Å². The molecular formula is C24H22N4O2. The van der Waals surface area contributed by atoms with Gasteiger partial charge in [0.2, 0.25) is 0 Å². The summed E-state index contributed by atoms with van der Waals surface area (Å²) in [4.78, 5) is 32.8. The molecule has 6 nitrogen and oxygen atoms in total. The van der Waals surface area contributed by atoms with Gasteiger partial charge in [0.1, 0.15) is 0 Å². The minimum Gasteiger partial charge on any atom is -0.368 e. The second kappa shape index (κ2) is 7.55. The van der Waals surface area contributed by atoms with Crippen molar-refractivity contribution in [2.24, 2.45) is 0 Å². The molecule has 30 heavy (non-hydrogen) atoms. The molecule has 1 saturated heterocycles. The lowest BCUT2D eigenvalue weighted by molar-refractivity contribution is -0.110. The highest BCUT2D eigenvalue weighted by Crippen LogP contribution is 2.34. The summed E-state index contributed by atoms with van der Waals surface area (Å²) in [6.45, 7) is 2.96. The first kappa shape index (κ1) is 18.2. The summed E-state index contributed by atoms with van der Waals surface area (Å²) in [5.74, 6) is -0.148. The SMILES string of the molecule is O=C1Nc2ccc(C(=O)N3CCN(c4ccccc4)CC3)cc2/C1=C/c1ccc[nH]1. The second-order valence-corrected chi connectivity index (χ2v) is 7.51. The number of nitrogens with zero attached hydrogens (tertiary/aromatic N) is 2. The fraction of sp³-hybridized carbons (Fsp3) is 0.167. The van der Waals surface area contributed by atoms with Crippen LogP contribution in [0.15, 0.2) is 66.9 Å². The van der Waals surface area contributed by atoms with Crippen molar-refractivity contribution < 1.29 is 9.59 Å². The van der Waals surface area contributed by atoms with Crippen molar-refractivity contribution in [1.29, 1.82) is 0 Å². The van der Waals surface area contributed by atoms with E-state index in [1.54, 1.807) is 6.07 Å². The average Bonchev–Trinajstić information content (AvgIpc) is 3.42. The highest BCUT2D eigenvalue weighted by atomic mass is 16.2. The number of fused-ring (bicyclic) bond motifs is 1. The smallest absolute Gasteiger partial charge is 0.256 e. The number of nitrogens with one attached hydrogen (secondary N) is 2. The van der Waals surface area contributed by atoms with Crippen molar-refractivity contribution >= 4 is 34.8 Å². The third-order valence-electron chi connectivity index (χ3n) is 5.66. The normalized spacial score (nSPS) is 17.2. The van der Waals surface area contributed by atoms with E-state index in [1.807, 2.05) is 59.6 Å². The molecule has 0 atom stereocenters. The number of hydrogen-bond donors (Lipinski definition) is 2. The van der Waals surface area contributed by atoms with Crippen LogP contribution in [0.25, 0.3) is 11.6 Å². The molecule has 6 heteroatoms. The molecule has 2 aliphatic rings. The summed E-state index contributed by atoms with van der Waals surface area (Å²) in [5.41, 5.74) is 4.71. The summed E-state index contributed by atoms with van der Waals surface area (Å²) >= 11 is 0. The molecule has 2 amide bonds. The van der Waals surface area contributed by atoms with Crippen LogP contribution in [0.2, 0.25) is 0 Å². The van der Waals surface area contributed by atoms with E-state index in [2.05, 4.69) is 27.3 Å². The molecule has 5 rings (SSSR count). The highest BCUT2D eigenvalue weighted by Gasteiger charge is 2.27.